The maximum atomic E-state index is 11.9. The van der Waals surface area contributed by atoms with Gasteiger partial charge in [-0.1, -0.05) is 31.9 Å². The summed E-state index contributed by atoms with van der Waals surface area (Å²) in [6, 6.07) is 5.98. The van der Waals surface area contributed by atoms with Gasteiger partial charge < -0.3 is 9.84 Å². The highest BCUT2D eigenvalue weighted by molar-refractivity contribution is 9.09. The van der Waals surface area contributed by atoms with E-state index in [1.54, 1.807) is 12.1 Å². The second-order valence-corrected chi connectivity index (χ2v) is 5.91. The number of hydrogen-bond donors (Lipinski definition) is 1. The van der Waals surface area contributed by atoms with E-state index in [2.05, 4.69) is 31.9 Å². The van der Waals surface area contributed by atoms with Crippen LogP contribution in [0.25, 0.3) is 0 Å². The molecule has 0 unspecified atom stereocenters. The number of nitrogens with zero attached hydrogens (tertiary/aromatic N) is 2. The summed E-state index contributed by atoms with van der Waals surface area (Å²) in [5, 5.41) is 11.8. The van der Waals surface area contributed by atoms with Crippen molar-refractivity contribution in [1.29, 1.82) is 0 Å². The molecule has 0 aliphatic carbocycles. The highest BCUT2D eigenvalue weighted by atomic mass is 79.9. The van der Waals surface area contributed by atoms with Crippen LogP contribution in [0.5, 0.6) is 5.75 Å². The molecule has 1 aromatic rings. The summed E-state index contributed by atoms with van der Waals surface area (Å²) in [7, 11) is 0. The quantitative estimate of drug-likeness (QED) is 0.688. The molecule has 0 saturated carbocycles. The summed E-state index contributed by atoms with van der Waals surface area (Å²) in [4.78, 5) is 34.6. The molecule has 0 spiro atoms. The van der Waals surface area contributed by atoms with Crippen molar-refractivity contribution >= 4 is 49.6 Å². The minimum Gasteiger partial charge on any atom is -0.487 e. The number of carbonyl (C=O) groups excluding carboxylic acids is 2. The third kappa shape index (κ3) is 4.23. The number of halogens is 2. The fourth-order valence-corrected chi connectivity index (χ4v) is 2.77. The molecule has 1 aromatic carbocycles. The van der Waals surface area contributed by atoms with Gasteiger partial charge in [0.2, 0.25) is 0 Å². The Kier molecular flexibility index (Phi) is 6.00. The molecule has 9 heteroatoms. The molecule has 1 fully saturated rings. The Bertz CT molecular complexity index is 584. The van der Waals surface area contributed by atoms with E-state index in [1.165, 1.54) is 22.2 Å². The van der Waals surface area contributed by atoms with Crippen LogP contribution >= 0.6 is 31.9 Å². The molecule has 0 radical (unpaired) electrons. The summed E-state index contributed by atoms with van der Waals surface area (Å²) in [6.07, 6.45) is -0.378. The highest BCUT2D eigenvalue weighted by Crippen LogP contribution is 2.20. The fraction of sp³-hybridized carbons (Fsp3) is 0.357. The van der Waals surface area contributed by atoms with E-state index in [-0.39, 0.29) is 47.2 Å². The molecule has 0 atom stereocenters. The first-order valence-electron chi connectivity index (χ1n) is 6.68. The summed E-state index contributed by atoms with van der Waals surface area (Å²) in [5.74, 6) is -0.988. The van der Waals surface area contributed by atoms with E-state index in [1.807, 2.05) is 0 Å². The van der Waals surface area contributed by atoms with Gasteiger partial charge in [0.1, 0.15) is 11.9 Å². The van der Waals surface area contributed by atoms with Crippen molar-refractivity contribution in [2.45, 2.75) is 6.10 Å². The zero-order valence-corrected chi connectivity index (χ0v) is 15.1. The molecule has 7 nitrogen and oxygen atoms in total. The van der Waals surface area contributed by atoms with Crippen LogP contribution in [0.3, 0.4) is 0 Å². The first-order valence-corrected chi connectivity index (χ1v) is 8.93. The number of benzene rings is 1. The lowest BCUT2D eigenvalue weighted by Crippen LogP contribution is -2.45. The van der Waals surface area contributed by atoms with Gasteiger partial charge in [-0.15, -0.1) is 0 Å². The summed E-state index contributed by atoms with van der Waals surface area (Å²) < 4.78 is 5.75. The number of carboxylic acids is 1. The fourth-order valence-electron chi connectivity index (χ4n) is 2.19. The number of rotatable bonds is 5. The monoisotopic (exact) mass is 448 g/mol. The zero-order valence-electron chi connectivity index (χ0n) is 11.9. The molecule has 0 bridgehead atoms. The molecule has 124 valence electrons. The molecule has 0 aromatic heterocycles. The van der Waals surface area contributed by atoms with E-state index in [4.69, 9.17) is 9.84 Å². The average molecular weight is 450 g/mol. The molecule has 1 aliphatic rings. The van der Waals surface area contributed by atoms with E-state index in [0.29, 0.717) is 5.75 Å². The zero-order chi connectivity index (χ0) is 17.0. The van der Waals surface area contributed by atoms with Crippen LogP contribution in [0.2, 0.25) is 0 Å². The molecular weight excluding hydrogens is 436 g/mol. The molecule has 1 saturated heterocycles. The molecule has 23 heavy (non-hydrogen) atoms. The maximum Gasteiger partial charge on any atom is 0.335 e. The van der Waals surface area contributed by atoms with Crippen molar-refractivity contribution in [3.63, 3.8) is 0 Å². The summed E-state index contributed by atoms with van der Waals surface area (Å²) in [5.41, 5.74) is 0.163. The number of hydrazine groups is 1. The Morgan fingerprint density at radius 2 is 1.52 bits per heavy atom. The number of hydrogen-bond acceptors (Lipinski definition) is 4. The maximum absolute atomic E-state index is 11.9. The van der Waals surface area contributed by atoms with Gasteiger partial charge in [-0.05, 0) is 24.3 Å². The van der Waals surface area contributed by atoms with Gasteiger partial charge in [0, 0.05) is 0 Å². The Morgan fingerprint density at radius 1 is 1.04 bits per heavy atom. The van der Waals surface area contributed by atoms with E-state index < -0.39 is 5.97 Å². The Morgan fingerprint density at radius 3 is 1.91 bits per heavy atom. The predicted molar refractivity (Wildman–Crippen MR) is 88.8 cm³/mol. The molecule has 2 amide bonds. The van der Waals surface area contributed by atoms with Gasteiger partial charge in [-0.25, -0.2) is 14.8 Å². The van der Waals surface area contributed by atoms with Crippen molar-refractivity contribution in [3.05, 3.63) is 29.8 Å². The first kappa shape index (κ1) is 17.7. The van der Waals surface area contributed by atoms with Crippen LogP contribution in [0, 0.1) is 0 Å². The predicted octanol–water partition coefficient (Wildman–Crippen LogP) is 1.51. The third-order valence-electron chi connectivity index (χ3n) is 3.25. The average Bonchev–Trinajstić information content (AvgIpc) is 2.97. The topological polar surface area (TPSA) is 87.2 Å². The largest absolute Gasteiger partial charge is 0.487 e. The Hall–Kier alpha value is -1.61. The lowest BCUT2D eigenvalue weighted by molar-refractivity contribution is -0.154. The summed E-state index contributed by atoms with van der Waals surface area (Å²) >= 11 is 6.19. The van der Waals surface area contributed by atoms with Crippen molar-refractivity contribution in [3.8, 4) is 5.75 Å². The number of ether oxygens (including phenoxy) is 1. The number of carboxylic acid groups (broad SMARTS) is 1. The van der Waals surface area contributed by atoms with Gasteiger partial charge in [0.15, 0.2) is 0 Å². The molecule has 1 aliphatic heterocycles. The highest BCUT2D eigenvalue weighted by Gasteiger charge is 2.37. The second kappa shape index (κ2) is 7.78. The van der Waals surface area contributed by atoms with Crippen LogP contribution < -0.4 is 4.74 Å². The first-order chi connectivity index (χ1) is 11.0. The van der Waals surface area contributed by atoms with E-state index >= 15 is 0 Å². The summed E-state index contributed by atoms with van der Waals surface area (Å²) in [6.45, 7) is 0.508. The van der Waals surface area contributed by atoms with Gasteiger partial charge in [-0.3, -0.25) is 9.59 Å². The lowest BCUT2D eigenvalue weighted by atomic mass is 10.2. The van der Waals surface area contributed by atoms with Gasteiger partial charge in [-0.2, -0.15) is 0 Å². The smallest absolute Gasteiger partial charge is 0.335 e. The van der Waals surface area contributed by atoms with Gasteiger partial charge in [0.05, 0.1) is 29.3 Å². The van der Waals surface area contributed by atoms with Crippen molar-refractivity contribution in [2.75, 3.05) is 23.7 Å². The number of amides is 2. The Labute approximate surface area is 149 Å². The number of alkyl halides is 2. The van der Waals surface area contributed by atoms with Crippen LogP contribution in [0.1, 0.15) is 10.4 Å². The van der Waals surface area contributed by atoms with E-state index in [0.717, 1.165) is 0 Å². The lowest BCUT2D eigenvalue weighted by Gasteiger charge is -2.25. The minimum absolute atomic E-state index is 0.110. The van der Waals surface area contributed by atoms with Crippen molar-refractivity contribution in [1.82, 2.24) is 10.0 Å². The number of aromatic carboxylic acids is 1. The van der Waals surface area contributed by atoms with Gasteiger partial charge >= 0.3 is 5.97 Å². The van der Waals surface area contributed by atoms with Crippen LogP contribution in [0.15, 0.2) is 24.3 Å². The molecule has 1 heterocycles. The van der Waals surface area contributed by atoms with E-state index in [9.17, 15) is 14.4 Å². The molecular formula is C14H14Br2N2O5. The second-order valence-electron chi connectivity index (χ2n) is 4.79. The normalized spacial score (nSPS) is 14.9. The van der Waals surface area contributed by atoms with Crippen molar-refractivity contribution < 1.29 is 24.2 Å². The minimum atomic E-state index is -1.01. The number of carbonyl (C=O) groups is 3. The van der Waals surface area contributed by atoms with Gasteiger partial charge in [0.25, 0.3) is 11.8 Å². The molecule has 1 N–H and O–H groups in total. The van der Waals surface area contributed by atoms with Crippen LogP contribution in [-0.4, -0.2) is 62.8 Å². The third-order valence-corrected chi connectivity index (χ3v) is 4.21. The van der Waals surface area contributed by atoms with Crippen LogP contribution in [0.4, 0.5) is 0 Å². The molecule has 2 rings (SSSR count). The SMILES string of the molecule is O=C(O)c1ccc(OC2CN(C(=O)CBr)N(C(=O)CBr)C2)cc1. The standard InChI is InChI=1S/C14H14Br2N2O5/c15-5-12(19)17-7-11(8-18(17)13(20)6-16)23-10-3-1-9(2-4-10)14(21)22/h1-4,11H,5-8H2,(H,21,22). The van der Waals surface area contributed by atoms with Crippen molar-refractivity contribution in [2.24, 2.45) is 0 Å². The van der Waals surface area contributed by atoms with Crippen LogP contribution in [-0.2, 0) is 9.59 Å². The Balaban J connectivity index is 2.07.